The molecule has 0 bridgehead atoms. The van der Waals surface area contributed by atoms with Crippen molar-refractivity contribution in [2.24, 2.45) is 10.8 Å². The molecule has 1 unspecified atom stereocenters. The van der Waals surface area contributed by atoms with Gasteiger partial charge in [-0.1, -0.05) is 47.5 Å². The molecule has 1 aliphatic heterocycles. The molecule has 5 heteroatoms. The molecule has 20 heavy (non-hydrogen) atoms. The molecule has 0 saturated carbocycles. The molecule has 3 nitrogen and oxygen atoms in total. The standard InChI is InChI=1S/C15H13Cl2N3/c16-12-7-6-10(8-13(12)17)14-9-15(18)19-20(14)11-4-2-1-3-5-11/h1-8,14H,9H2,(H2,18,19). The third kappa shape index (κ3) is 2.47. The summed E-state index contributed by atoms with van der Waals surface area (Å²) >= 11 is 12.1. The van der Waals surface area contributed by atoms with E-state index in [9.17, 15) is 0 Å². The van der Waals surface area contributed by atoms with Crippen LogP contribution in [0.15, 0.2) is 53.6 Å². The SMILES string of the molecule is NC1=NN(c2ccccc2)C(c2ccc(Cl)c(Cl)c2)C1. The van der Waals surface area contributed by atoms with E-state index < -0.39 is 0 Å². The van der Waals surface area contributed by atoms with Crippen LogP contribution in [0.3, 0.4) is 0 Å². The van der Waals surface area contributed by atoms with E-state index in [1.807, 2.05) is 47.5 Å². The van der Waals surface area contributed by atoms with Gasteiger partial charge < -0.3 is 5.73 Å². The first kappa shape index (κ1) is 13.3. The number of hydrogen-bond acceptors (Lipinski definition) is 3. The third-order valence-electron chi connectivity index (χ3n) is 3.28. The number of hydrogen-bond donors (Lipinski definition) is 1. The second kappa shape index (κ2) is 5.35. The minimum atomic E-state index is 0.0483. The Balaban J connectivity index is 1.98. The Bertz CT molecular complexity index is 655. The van der Waals surface area contributed by atoms with Crippen LogP contribution in [0.5, 0.6) is 0 Å². The molecule has 1 atom stereocenters. The summed E-state index contributed by atoms with van der Waals surface area (Å²) in [5.74, 6) is 0.616. The van der Waals surface area contributed by atoms with E-state index >= 15 is 0 Å². The second-order valence-electron chi connectivity index (χ2n) is 4.66. The third-order valence-corrected chi connectivity index (χ3v) is 4.02. The average molecular weight is 306 g/mol. The zero-order valence-corrected chi connectivity index (χ0v) is 12.1. The van der Waals surface area contributed by atoms with Gasteiger partial charge in [0.15, 0.2) is 0 Å². The highest BCUT2D eigenvalue weighted by molar-refractivity contribution is 6.42. The molecule has 1 heterocycles. The van der Waals surface area contributed by atoms with E-state index in [-0.39, 0.29) is 6.04 Å². The maximum atomic E-state index is 6.10. The minimum Gasteiger partial charge on any atom is -0.386 e. The maximum Gasteiger partial charge on any atom is 0.122 e. The van der Waals surface area contributed by atoms with Crippen molar-refractivity contribution in [1.82, 2.24) is 0 Å². The molecular formula is C15H13Cl2N3. The van der Waals surface area contributed by atoms with Crippen LogP contribution in [-0.4, -0.2) is 5.84 Å². The predicted molar refractivity (Wildman–Crippen MR) is 84.4 cm³/mol. The van der Waals surface area contributed by atoms with Crippen molar-refractivity contribution in [3.63, 3.8) is 0 Å². The number of nitrogens with zero attached hydrogens (tertiary/aromatic N) is 2. The average Bonchev–Trinajstić information content (AvgIpc) is 2.85. The van der Waals surface area contributed by atoms with Gasteiger partial charge >= 0.3 is 0 Å². The van der Waals surface area contributed by atoms with Gasteiger partial charge in [0.05, 0.1) is 21.8 Å². The molecule has 0 aliphatic carbocycles. The summed E-state index contributed by atoms with van der Waals surface area (Å²) in [6.07, 6.45) is 0.673. The number of halogens is 2. The lowest BCUT2D eigenvalue weighted by Gasteiger charge is -2.24. The first-order chi connectivity index (χ1) is 9.65. The highest BCUT2D eigenvalue weighted by Gasteiger charge is 2.28. The van der Waals surface area contributed by atoms with Crippen LogP contribution >= 0.6 is 23.2 Å². The van der Waals surface area contributed by atoms with Crippen LogP contribution < -0.4 is 10.7 Å². The fraction of sp³-hybridized carbons (Fsp3) is 0.133. The zero-order chi connectivity index (χ0) is 14.1. The lowest BCUT2D eigenvalue weighted by atomic mass is 10.0. The van der Waals surface area contributed by atoms with Gasteiger partial charge in [0, 0.05) is 6.42 Å². The van der Waals surface area contributed by atoms with Crippen molar-refractivity contribution in [2.75, 3.05) is 5.01 Å². The Morgan fingerprint density at radius 1 is 1.05 bits per heavy atom. The highest BCUT2D eigenvalue weighted by atomic mass is 35.5. The molecule has 2 N–H and O–H groups in total. The Labute approximate surface area is 127 Å². The van der Waals surface area contributed by atoms with Gasteiger partial charge in [-0.3, -0.25) is 5.01 Å². The van der Waals surface area contributed by atoms with Gasteiger partial charge in [0.2, 0.25) is 0 Å². The Morgan fingerprint density at radius 3 is 2.50 bits per heavy atom. The monoisotopic (exact) mass is 305 g/mol. The molecule has 0 saturated heterocycles. The Hall–Kier alpha value is -1.71. The van der Waals surface area contributed by atoms with Gasteiger partial charge in [-0.2, -0.15) is 5.10 Å². The molecule has 0 radical (unpaired) electrons. The summed E-state index contributed by atoms with van der Waals surface area (Å²) in [4.78, 5) is 0. The van der Waals surface area contributed by atoms with E-state index in [4.69, 9.17) is 28.9 Å². The molecular weight excluding hydrogens is 293 g/mol. The van der Waals surface area contributed by atoms with Crippen molar-refractivity contribution in [1.29, 1.82) is 0 Å². The van der Waals surface area contributed by atoms with Crippen molar-refractivity contribution < 1.29 is 0 Å². The lowest BCUT2D eigenvalue weighted by Crippen LogP contribution is -2.18. The topological polar surface area (TPSA) is 41.6 Å². The van der Waals surface area contributed by atoms with Crippen molar-refractivity contribution in [2.45, 2.75) is 12.5 Å². The van der Waals surface area contributed by atoms with Crippen LogP contribution in [-0.2, 0) is 0 Å². The summed E-state index contributed by atoms with van der Waals surface area (Å²) < 4.78 is 0. The largest absolute Gasteiger partial charge is 0.386 e. The van der Waals surface area contributed by atoms with Crippen LogP contribution in [0, 0.1) is 0 Å². The first-order valence-corrected chi connectivity index (χ1v) is 7.03. The minimum absolute atomic E-state index is 0.0483. The fourth-order valence-corrected chi connectivity index (χ4v) is 2.64. The summed E-state index contributed by atoms with van der Waals surface area (Å²) in [5.41, 5.74) is 7.96. The molecule has 102 valence electrons. The van der Waals surface area contributed by atoms with Crippen molar-refractivity contribution in [3.05, 3.63) is 64.1 Å². The quantitative estimate of drug-likeness (QED) is 0.902. The molecule has 2 aromatic rings. The van der Waals surface area contributed by atoms with E-state index in [0.717, 1.165) is 11.3 Å². The smallest absolute Gasteiger partial charge is 0.122 e. The number of hydrazone groups is 1. The highest BCUT2D eigenvalue weighted by Crippen LogP contribution is 2.36. The van der Waals surface area contributed by atoms with E-state index in [1.54, 1.807) is 6.07 Å². The van der Waals surface area contributed by atoms with Gasteiger partial charge in [0.1, 0.15) is 5.84 Å². The Kier molecular flexibility index (Phi) is 3.55. The van der Waals surface area contributed by atoms with Crippen LogP contribution in [0.1, 0.15) is 18.0 Å². The number of para-hydroxylation sites is 1. The number of anilines is 1. The number of rotatable bonds is 2. The van der Waals surface area contributed by atoms with Gasteiger partial charge in [-0.05, 0) is 29.8 Å². The van der Waals surface area contributed by atoms with Gasteiger partial charge in [-0.15, -0.1) is 0 Å². The summed E-state index contributed by atoms with van der Waals surface area (Å²) in [5, 5.41) is 7.44. The van der Waals surface area contributed by atoms with Crippen LogP contribution in [0.4, 0.5) is 5.69 Å². The summed E-state index contributed by atoms with van der Waals surface area (Å²) in [6.45, 7) is 0. The molecule has 1 aliphatic rings. The van der Waals surface area contributed by atoms with Gasteiger partial charge in [0.25, 0.3) is 0 Å². The zero-order valence-electron chi connectivity index (χ0n) is 10.6. The molecule has 0 spiro atoms. The second-order valence-corrected chi connectivity index (χ2v) is 5.48. The summed E-state index contributed by atoms with van der Waals surface area (Å²) in [6, 6.07) is 15.6. The Morgan fingerprint density at radius 2 is 1.80 bits per heavy atom. The number of amidine groups is 1. The van der Waals surface area contributed by atoms with E-state index in [2.05, 4.69) is 5.10 Å². The molecule has 3 rings (SSSR count). The van der Waals surface area contributed by atoms with Crippen LogP contribution in [0.2, 0.25) is 10.0 Å². The van der Waals surface area contributed by atoms with Crippen molar-refractivity contribution >= 4 is 34.7 Å². The van der Waals surface area contributed by atoms with Gasteiger partial charge in [-0.25, -0.2) is 0 Å². The fourth-order valence-electron chi connectivity index (χ4n) is 2.33. The lowest BCUT2D eigenvalue weighted by molar-refractivity contribution is 0.708. The number of nitrogens with two attached hydrogens (primary N) is 1. The molecule has 2 aromatic carbocycles. The molecule has 0 fully saturated rings. The maximum absolute atomic E-state index is 6.10. The predicted octanol–water partition coefficient (Wildman–Crippen LogP) is 4.22. The van der Waals surface area contributed by atoms with E-state index in [1.165, 1.54) is 0 Å². The first-order valence-electron chi connectivity index (χ1n) is 6.27. The number of benzene rings is 2. The molecule has 0 amide bonds. The summed E-state index contributed by atoms with van der Waals surface area (Å²) in [7, 11) is 0. The molecule has 0 aromatic heterocycles. The normalized spacial score (nSPS) is 18.2. The van der Waals surface area contributed by atoms with Crippen LogP contribution in [0.25, 0.3) is 0 Å². The van der Waals surface area contributed by atoms with E-state index in [0.29, 0.717) is 22.3 Å². The van der Waals surface area contributed by atoms with Crippen molar-refractivity contribution in [3.8, 4) is 0 Å².